The number of anilines is 1. The smallest absolute Gasteiger partial charge is 0.337 e. The van der Waals surface area contributed by atoms with Gasteiger partial charge in [0, 0.05) is 19.7 Å². The molecule has 98 valence electrons. The molecule has 0 bridgehead atoms. The van der Waals surface area contributed by atoms with E-state index in [1.165, 1.54) is 18.2 Å². The molecular formula is C13H16FNO3. The highest BCUT2D eigenvalue weighted by atomic mass is 19.1. The Morgan fingerprint density at radius 3 is 2.83 bits per heavy atom. The van der Waals surface area contributed by atoms with Crippen LogP contribution in [0.15, 0.2) is 18.2 Å². The third-order valence-electron chi connectivity index (χ3n) is 3.03. The van der Waals surface area contributed by atoms with Crippen LogP contribution in [0.5, 0.6) is 0 Å². The minimum absolute atomic E-state index is 0.0120. The van der Waals surface area contributed by atoms with E-state index in [1.807, 2.05) is 4.90 Å². The summed E-state index contributed by atoms with van der Waals surface area (Å²) in [6, 6.07) is 4.38. The van der Waals surface area contributed by atoms with Crippen LogP contribution in [0.25, 0.3) is 0 Å². The Morgan fingerprint density at radius 1 is 1.56 bits per heavy atom. The van der Waals surface area contributed by atoms with Crippen LogP contribution in [-0.2, 0) is 4.74 Å². The molecule has 2 rings (SSSR count). The van der Waals surface area contributed by atoms with Crippen molar-refractivity contribution in [1.82, 2.24) is 0 Å². The quantitative estimate of drug-likeness (QED) is 0.843. The molecule has 1 saturated carbocycles. The number of carboxylic acid groups (broad SMARTS) is 1. The van der Waals surface area contributed by atoms with Crippen molar-refractivity contribution in [3.05, 3.63) is 29.6 Å². The number of halogens is 1. The highest BCUT2D eigenvalue weighted by molar-refractivity contribution is 5.94. The number of rotatable bonds is 6. The van der Waals surface area contributed by atoms with Gasteiger partial charge in [-0.2, -0.15) is 0 Å². The molecule has 1 fully saturated rings. The van der Waals surface area contributed by atoms with Crippen LogP contribution in [-0.4, -0.2) is 37.4 Å². The van der Waals surface area contributed by atoms with Crippen molar-refractivity contribution in [3.8, 4) is 0 Å². The maximum absolute atomic E-state index is 13.9. The zero-order chi connectivity index (χ0) is 13.1. The molecular weight excluding hydrogens is 237 g/mol. The van der Waals surface area contributed by atoms with Gasteiger partial charge >= 0.3 is 5.97 Å². The van der Waals surface area contributed by atoms with E-state index in [2.05, 4.69) is 0 Å². The third-order valence-corrected chi connectivity index (χ3v) is 3.03. The fourth-order valence-electron chi connectivity index (χ4n) is 2.03. The lowest BCUT2D eigenvalue weighted by molar-refractivity contribution is 0.0697. The van der Waals surface area contributed by atoms with E-state index in [0.29, 0.717) is 13.2 Å². The zero-order valence-corrected chi connectivity index (χ0v) is 10.2. The number of ether oxygens (including phenoxy) is 1. The number of carbonyl (C=O) groups is 1. The number of hydrogen-bond donors (Lipinski definition) is 1. The number of nitrogens with zero attached hydrogens (tertiary/aromatic N) is 1. The number of benzene rings is 1. The maximum atomic E-state index is 13.9. The van der Waals surface area contributed by atoms with E-state index >= 15 is 0 Å². The Kier molecular flexibility index (Phi) is 3.81. The van der Waals surface area contributed by atoms with E-state index in [0.717, 1.165) is 12.8 Å². The monoisotopic (exact) mass is 253 g/mol. The van der Waals surface area contributed by atoms with E-state index in [4.69, 9.17) is 9.84 Å². The van der Waals surface area contributed by atoms with E-state index in [-0.39, 0.29) is 17.3 Å². The molecule has 0 unspecified atom stereocenters. The predicted octanol–water partition coefficient (Wildman–Crippen LogP) is 2.14. The molecule has 0 aliphatic heterocycles. The standard InChI is InChI=1S/C13H16FNO3/c1-18-8-7-15(9-5-6-9)12-10(13(16)17)3-2-4-11(12)14/h2-4,9H,5-8H2,1H3,(H,16,17). The van der Waals surface area contributed by atoms with Gasteiger partial charge in [0.1, 0.15) is 5.82 Å². The minimum Gasteiger partial charge on any atom is -0.478 e. The first-order valence-corrected chi connectivity index (χ1v) is 5.92. The van der Waals surface area contributed by atoms with Crippen molar-refractivity contribution >= 4 is 11.7 Å². The molecule has 1 N–H and O–H groups in total. The summed E-state index contributed by atoms with van der Waals surface area (Å²) in [6.07, 6.45) is 1.94. The highest BCUT2D eigenvalue weighted by Gasteiger charge is 2.32. The summed E-state index contributed by atoms with van der Waals surface area (Å²) >= 11 is 0. The summed E-state index contributed by atoms with van der Waals surface area (Å²) < 4.78 is 18.9. The average Bonchev–Trinajstić information content (AvgIpc) is 3.15. The highest BCUT2D eigenvalue weighted by Crippen LogP contribution is 2.35. The molecule has 1 aliphatic carbocycles. The van der Waals surface area contributed by atoms with Gasteiger partial charge in [0.25, 0.3) is 0 Å². The first kappa shape index (κ1) is 12.8. The van der Waals surface area contributed by atoms with Gasteiger partial charge in [-0.3, -0.25) is 0 Å². The molecule has 1 aromatic rings. The van der Waals surface area contributed by atoms with Crippen LogP contribution in [0.2, 0.25) is 0 Å². The molecule has 0 aromatic heterocycles. The fraction of sp³-hybridized carbons (Fsp3) is 0.462. The van der Waals surface area contributed by atoms with Crippen molar-refractivity contribution in [2.24, 2.45) is 0 Å². The molecule has 0 radical (unpaired) electrons. The van der Waals surface area contributed by atoms with E-state index < -0.39 is 11.8 Å². The SMILES string of the molecule is COCCN(c1c(F)cccc1C(=O)O)C1CC1. The third kappa shape index (κ3) is 2.61. The topological polar surface area (TPSA) is 49.8 Å². The van der Waals surface area contributed by atoms with Crippen LogP contribution in [0, 0.1) is 5.82 Å². The lowest BCUT2D eigenvalue weighted by atomic mass is 10.1. The second-order valence-electron chi connectivity index (χ2n) is 4.36. The maximum Gasteiger partial charge on any atom is 0.337 e. The predicted molar refractivity (Wildman–Crippen MR) is 65.6 cm³/mol. The number of hydrogen-bond acceptors (Lipinski definition) is 3. The first-order chi connectivity index (χ1) is 8.65. The van der Waals surface area contributed by atoms with Crippen molar-refractivity contribution in [3.63, 3.8) is 0 Å². The molecule has 0 saturated heterocycles. The van der Waals surface area contributed by atoms with Crippen molar-refractivity contribution in [2.75, 3.05) is 25.2 Å². The van der Waals surface area contributed by atoms with Gasteiger partial charge in [0.2, 0.25) is 0 Å². The van der Waals surface area contributed by atoms with Gasteiger partial charge in [0.05, 0.1) is 17.9 Å². The van der Waals surface area contributed by atoms with Crippen LogP contribution < -0.4 is 4.90 Å². The minimum atomic E-state index is -1.10. The van der Waals surface area contributed by atoms with Gasteiger partial charge in [0.15, 0.2) is 0 Å². The Hall–Kier alpha value is -1.62. The molecule has 1 aliphatic rings. The lowest BCUT2D eigenvalue weighted by Gasteiger charge is -2.26. The Labute approximate surface area is 105 Å². The normalized spacial score (nSPS) is 14.6. The summed E-state index contributed by atoms with van der Waals surface area (Å²) in [5.74, 6) is -1.59. The van der Waals surface area contributed by atoms with Gasteiger partial charge in [-0.1, -0.05) is 6.07 Å². The summed E-state index contributed by atoms with van der Waals surface area (Å²) in [6.45, 7) is 0.951. The number of carboxylic acids is 1. The molecule has 5 heteroatoms. The molecule has 0 atom stereocenters. The second kappa shape index (κ2) is 5.35. The van der Waals surface area contributed by atoms with Crippen molar-refractivity contribution in [2.45, 2.75) is 18.9 Å². The second-order valence-corrected chi connectivity index (χ2v) is 4.36. The summed E-state index contributed by atoms with van der Waals surface area (Å²) in [7, 11) is 1.57. The summed E-state index contributed by atoms with van der Waals surface area (Å²) in [5, 5.41) is 9.14. The zero-order valence-electron chi connectivity index (χ0n) is 10.2. The Bertz CT molecular complexity index is 446. The molecule has 0 heterocycles. The number of methoxy groups -OCH3 is 1. The average molecular weight is 253 g/mol. The van der Waals surface area contributed by atoms with Crippen LogP contribution in [0.4, 0.5) is 10.1 Å². The number of para-hydroxylation sites is 1. The Balaban J connectivity index is 2.36. The Morgan fingerprint density at radius 2 is 2.28 bits per heavy atom. The summed E-state index contributed by atoms with van der Waals surface area (Å²) in [5.41, 5.74) is 0.197. The number of aromatic carboxylic acids is 1. The van der Waals surface area contributed by atoms with Crippen LogP contribution in [0.3, 0.4) is 0 Å². The van der Waals surface area contributed by atoms with E-state index in [9.17, 15) is 9.18 Å². The van der Waals surface area contributed by atoms with Crippen molar-refractivity contribution < 1.29 is 19.0 Å². The van der Waals surface area contributed by atoms with Gasteiger partial charge < -0.3 is 14.7 Å². The largest absolute Gasteiger partial charge is 0.478 e. The van der Waals surface area contributed by atoms with Crippen LogP contribution >= 0.6 is 0 Å². The van der Waals surface area contributed by atoms with Gasteiger partial charge in [-0.15, -0.1) is 0 Å². The molecule has 4 nitrogen and oxygen atoms in total. The first-order valence-electron chi connectivity index (χ1n) is 5.92. The van der Waals surface area contributed by atoms with E-state index in [1.54, 1.807) is 7.11 Å². The van der Waals surface area contributed by atoms with Gasteiger partial charge in [-0.25, -0.2) is 9.18 Å². The molecule has 0 spiro atoms. The lowest BCUT2D eigenvalue weighted by Crippen LogP contribution is -2.31. The van der Waals surface area contributed by atoms with Gasteiger partial charge in [-0.05, 0) is 25.0 Å². The summed E-state index contributed by atoms with van der Waals surface area (Å²) in [4.78, 5) is 13.0. The van der Waals surface area contributed by atoms with Crippen LogP contribution in [0.1, 0.15) is 23.2 Å². The molecule has 1 aromatic carbocycles. The fourth-order valence-corrected chi connectivity index (χ4v) is 2.03. The molecule has 0 amide bonds. The molecule has 18 heavy (non-hydrogen) atoms. The van der Waals surface area contributed by atoms with Crippen molar-refractivity contribution in [1.29, 1.82) is 0 Å².